The van der Waals surface area contributed by atoms with Gasteiger partial charge in [0.05, 0.1) is 35.8 Å². The van der Waals surface area contributed by atoms with Crippen molar-refractivity contribution in [1.82, 2.24) is 9.66 Å². The van der Waals surface area contributed by atoms with Gasteiger partial charge in [-0.3, -0.25) is 4.79 Å². The zero-order valence-corrected chi connectivity index (χ0v) is 21.8. The fourth-order valence-corrected chi connectivity index (χ4v) is 4.06. The number of aryl methyl sites for hydroxylation is 1. The fourth-order valence-electron chi connectivity index (χ4n) is 3.14. The number of methoxy groups -OCH3 is 2. The van der Waals surface area contributed by atoms with Crippen LogP contribution in [0.4, 0.5) is 0 Å². The summed E-state index contributed by atoms with van der Waals surface area (Å²) in [5.41, 5.74) is 1.03. The average Bonchev–Trinajstić information content (AvgIpc) is 2.80. The van der Waals surface area contributed by atoms with Crippen molar-refractivity contribution in [2.75, 3.05) is 14.2 Å². The van der Waals surface area contributed by atoms with Crippen LogP contribution in [-0.2, 0) is 16.0 Å². The molecule has 0 bridgehead atoms. The van der Waals surface area contributed by atoms with Gasteiger partial charge in [-0.1, -0.05) is 22.9 Å². The van der Waals surface area contributed by atoms with Crippen molar-refractivity contribution < 1.29 is 19.0 Å². The average molecular weight is 581 g/mol. The zero-order chi connectivity index (χ0) is 24.1. The molecule has 0 unspecified atom stereocenters. The van der Waals surface area contributed by atoms with Gasteiger partial charge >= 0.3 is 5.97 Å². The number of halogens is 2. The van der Waals surface area contributed by atoms with Crippen molar-refractivity contribution in [3.8, 4) is 11.5 Å². The summed E-state index contributed by atoms with van der Waals surface area (Å²) in [4.78, 5) is 29.5. The van der Waals surface area contributed by atoms with Crippen LogP contribution in [-0.4, -0.2) is 42.2 Å². The lowest BCUT2D eigenvalue weighted by Gasteiger charge is -2.17. The van der Waals surface area contributed by atoms with E-state index in [-0.39, 0.29) is 5.56 Å². The Morgan fingerprint density at radius 2 is 2.00 bits per heavy atom. The molecule has 1 heterocycles. The minimum absolute atomic E-state index is 0.251. The molecule has 0 amide bonds. The van der Waals surface area contributed by atoms with E-state index in [1.807, 2.05) is 19.1 Å². The molecule has 0 saturated carbocycles. The Hall–Kier alpha value is -2.72. The molecule has 174 valence electrons. The van der Waals surface area contributed by atoms with Gasteiger partial charge < -0.3 is 14.2 Å². The number of carbonyl (C=O) groups excluding carboxylic acids is 1. The Labute approximate surface area is 207 Å². The molecule has 3 aromatic rings. The summed E-state index contributed by atoms with van der Waals surface area (Å²) in [6.45, 7) is 3.60. The molecular formula is C23H23Br2N3O5. The maximum Gasteiger partial charge on any atom is 0.346 e. The smallest absolute Gasteiger partial charge is 0.346 e. The van der Waals surface area contributed by atoms with Crippen LogP contribution >= 0.6 is 31.9 Å². The highest BCUT2D eigenvalue weighted by Crippen LogP contribution is 2.37. The topological polar surface area (TPSA) is 92.0 Å². The van der Waals surface area contributed by atoms with Crippen molar-refractivity contribution in [3.05, 3.63) is 61.0 Å². The van der Waals surface area contributed by atoms with E-state index in [9.17, 15) is 9.59 Å². The molecule has 1 atom stereocenters. The molecule has 0 aliphatic rings. The third-order valence-electron chi connectivity index (χ3n) is 4.75. The number of rotatable bonds is 8. The van der Waals surface area contributed by atoms with E-state index in [4.69, 9.17) is 14.2 Å². The van der Waals surface area contributed by atoms with Crippen molar-refractivity contribution in [3.63, 3.8) is 0 Å². The molecule has 33 heavy (non-hydrogen) atoms. The lowest BCUT2D eigenvalue weighted by Crippen LogP contribution is -2.25. The second kappa shape index (κ2) is 10.9. The van der Waals surface area contributed by atoms with Crippen LogP contribution in [0.25, 0.3) is 10.9 Å². The second-order valence-corrected chi connectivity index (χ2v) is 8.89. The summed E-state index contributed by atoms with van der Waals surface area (Å²) in [7, 11) is 2.79. The molecule has 3 rings (SSSR count). The highest BCUT2D eigenvalue weighted by molar-refractivity contribution is 9.10. The van der Waals surface area contributed by atoms with Gasteiger partial charge in [0.2, 0.25) is 0 Å². The van der Waals surface area contributed by atoms with Crippen LogP contribution < -0.4 is 15.0 Å². The van der Waals surface area contributed by atoms with Crippen LogP contribution in [0.3, 0.4) is 0 Å². The van der Waals surface area contributed by atoms with Crippen molar-refractivity contribution in [1.29, 1.82) is 0 Å². The molecule has 0 radical (unpaired) electrons. The second-order valence-electron chi connectivity index (χ2n) is 7.12. The number of benzene rings is 2. The molecule has 1 aromatic heterocycles. The summed E-state index contributed by atoms with van der Waals surface area (Å²) in [5, 5.41) is 4.91. The maximum atomic E-state index is 13.1. The van der Waals surface area contributed by atoms with Crippen LogP contribution in [0.5, 0.6) is 11.5 Å². The Morgan fingerprint density at radius 3 is 2.67 bits per heavy atom. The predicted octanol–water partition coefficient (Wildman–Crippen LogP) is 4.71. The molecule has 0 aliphatic heterocycles. The van der Waals surface area contributed by atoms with Gasteiger partial charge in [-0.2, -0.15) is 9.78 Å². The summed E-state index contributed by atoms with van der Waals surface area (Å²) in [6.07, 6.45) is 2.14. The SMILES string of the molecule is CCCc1nc2ccc(Br)cc2c(=O)n1N=Cc1cc(Br)c(O[C@@H](C)C(=O)OC)c(OC)c1. The number of carbonyl (C=O) groups is 1. The van der Waals surface area contributed by atoms with E-state index < -0.39 is 12.1 Å². The van der Waals surface area contributed by atoms with E-state index in [1.165, 1.54) is 18.9 Å². The fraction of sp³-hybridized carbons (Fsp3) is 0.304. The monoisotopic (exact) mass is 579 g/mol. The summed E-state index contributed by atoms with van der Waals surface area (Å²) in [5.74, 6) is 0.816. The summed E-state index contributed by atoms with van der Waals surface area (Å²) >= 11 is 6.86. The van der Waals surface area contributed by atoms with Crippen LogP contribution in [0.1, 0.15) is 31.7 Å². The van der Waals surface area contributed by atoms with Gasteiger partial charge in [0, 0.05) is 10.9 Å². The van der Waals surface area contributed by atoms with Gasteiger partial charge in [-0.25, -0.2) is 9.78 Å². The van der Waals surface area contributed by atoms with Crippen LogP contribution in [0.2, 0.25) is 0 Å². The standard InChI is InChI=1S/C23H23Br2N3O5/c1-5-6-20-27-18-8-7-15(24)11-16(18)22(29)28(20)26-12-14-9-17(25)21(19(10-14)31-3)33-13(2)23(30)32-4/h7-13H,5-6H2,1-4H3/t13-/m0/s1. The third kappa shape index (κ3) is 5.62. The van der Waals surface area contributed by atoms with Gasteiger partial charge in [0.25, 0.3) is 5.56 Å². The van der Waals surface area contributed by atoms with Gasteiger partial charge in [0.1, 0.15) is 5.82 Å². The lowest BCUT2D eigenvalue weighted by molar-refractivity contribution is -0.147. The minimum atomic E-state index is -0.821. The zero-order valence-electron chi connectivity index (χ0n) is 18.6. The molecule has 0 aliphatic carbocycles. The Morgan fingerprint density at radius 1 is 1.24 bits per heavy atom. The Balaban J connectivity index is 2.03. The van der Waals surface area contributed by atoms with Crippen LogP contribution in [0, 0.1) is 0 Å². The molecule has 0 fully saturated rings. The molecule has 2 aromatic carbocycles. The molecular weight excluding hydrogens is 558 g/mol. The molecule has 0 saturated heterocycles. The van der Waals surface area contributed by atoms with Crippen molar-refractivity contribution in [2.45, 2.75) is 32.8 Å². The van der Waals surface area contributed by atoms with Crippen molar-refractivity contribution >= 4 is 54.9 Å². The molecule has 8 nitrogen and oxygen atoms in total. The Kier molecular flexibility index (Phi) is 8.25. The van der Waals surface area contributed by atoms with E-state index >= 15 is 0 Å². The molecule has 0 N–H and O–H groups in total. The molecule has 0 spiro atoms. The highest BCUT2D eigenvalue weighted by atomic mass is 79.9. The van der Waals surface area contributed by atoms with E-state index in [0.29, 0.717) is 44.7 Å². The van der Waals surface area contributed by atoms with E-state index in [2.05, 4.69) is 41.9 Å². The van der Waals surface area contributed by atoms with Crippen molar-refractivity contribution in [2.24, 2.45) is 5.10 Å². The first-order valence-electron chi connectivity index (χ1n) is 10.2. The number of ether oxygens (including phenoxy) is 3. The van der Waals surface area contributed by atoms with Gasteiger partial charge in [0.15, 0.2) is 17.6 Å². The number of hydrogen-bond acceptors (Lipinski definition) is 7. The highest BCUT2D eigenvalue weighted by Gasteiger charge is 2.20. The summed E-state index contributed by atoms with van der Waals surface area (Å²) < 4.78 is 18.5. The normalized spacial score (nSPS) is 12.2. The largest absolute Gasteiger partial charge is 0.493 e. The quantitative estimate of drug-likeness (QED) is 0.283. The van der Waals surface area contributed by atoms with Crippen LogP contribution in [0.15, 0.2) is 49.2 Å². The van der Waals surface area contributed by atoms with E-state index in [0.717, 1.165) is 10.9 Å². The number of nitrogens with zero attached hydrogens (tertiary/aromatic N) is 3. The number of aromatic nitrogens is 2. The van der Waals surface area contributed by atoms with Gasteiger partial charge in [-0.05, 0) is 65.2 Å². The maximum absolute atomic E-state index is 13.1. The van der Waals surface area contributed by atoms with Gasteiger partial charge in [-0.15, -0.1) is 0 Å². The number of esters is 1. The number of hydrogen-bond donors (Lipinski definition) is 0. The lowest BCUT2D eigenvalue weighted by atomic mass is 10.2. The molecule has 10 heteroatoms. The third-order valence-corrected chi connectivity index (χ3v) is 5.83. The predicted molar refractivity (Wildman–Crippen MR) is 133 cm³/mol. The number of fused-ring (bicyclic) bond motifs is 1. The first kappa shape index (κ1) is 24.9. The Bertz CT molecular complexity index is 1270. The first-order chi connectivity index (χ1) is 15.8. The van der Waals surface area contributed by atoms with E-state index in [1.54, 1.807) is 31.3 Å². The summed E-state index contributed by atoms with van der Waals surface area (Å²) in [6, 6.07) is 8.85. The first-order valence-corrected chi connectivity index (χ1v) is 11.7. The minimum Gasteiger partial charge on any atom is -0.493 e.